The SMILES string of the molecule is CSc1ncccc1C(=O)N1CC[C@H](c2ncon2)C1. The van der Waals surface area contributed by atoms with Gasteiger partial charge in [-0.25, -0.2) is 4.98 Å². The predicted octanol–water partition coefficient (Wildman–Crippen LogP) is 1.82. The molecule has 104 valence electrons. The topological polar surface area (TPSA) is 72.1 Å². The van der Waals surface area contributed by atoms with Crippen molar-refractivity contribution in [2.24, 2.45) is 0 Å². The van der Waals surface area contributed by atoms with Crippen molar-refractivity contribution < 1.29 is 9.32 Å². The van der Waals surface area contributed by atoms with Crippen LogP contribution >= 0.6 is 11.8 Å². The van der Waals surface area contributed by atoms with Crippen molar-refractivity contribution in [2.75, 3.05) is 19.3 Å². The number of nitrogens with zero attached hydrogens (tertiary/aromatic N) is 4. The number of thioether (sulfide) groups is 1. The molecule has 1 aliphatic rings. The zero-order valence-electron chi connectivity index (χ0n) is 11.0. The van der Waals surface area contributed by atoms with Crippen LogP contribution in [0, 0.1) is 0 Å². The molecule has 1 saturated heterocycles. The molecule has 2 aromatic rings. The maximum atomic E-state index is 12.6. The van der Waals surface area contributed by atoms with Crippen LogP contribution in [-0.2, 0) is 0 Å². The minimum absolute atomic E-state index is 0.0217. The molecule has 20 heavy (non-hydrogen) atoms. The van der Waals surface area contributed by atoms with E-state index in [1.54, 1.807) is 12.3 Å². The Morgan fingerprint density at radius 3 is 3.15 bits per heavy atom. The molecule has 0 N–H and O–H groups in total. The van der Waals surface area contributed by atoms with Crippen molar-refractivity contribution in [3.05, 3.63) is 36.1 Å². The van der Waals surface area contributed by atoms with Gasteiger partial charge >= 0.3 is 0 Å². The molecule has 0 unspecified atom stereocenters. The summed E-state index contributed by atoms with van der Waals surface area (Å²) in [7, 11) is 0. The van der Waals surface area contributed by atoms with Gasteiger partial charge in [-0.15, -0.1) is 11.8 Å². The zero-order chi connectivity index (χ0) is 13.9. The summed E-state index contributed by atoms with van der Waals surface area (Å²) in [5.74, 6) is 0.858. The summed E-state index contributed by atoms with van der Waals surface area (Å²) in [4.78, 5) is 22.7. The predicted molar refractivity (Wildman–Crippen MR) is 73.6 cm³/mol. The first-order valence-electron chi connectivity index (χ1n) is 6.34. The van der Waals surface area contributed by atoms with Crippen molar-refractivity contribution in [2.45, 2.75) is 17.4 Å². The molecular weight excluding hydrogens is 276 g/mol. The monoisotopic (exact) mass is 290 g/mol. The van der Waals surface area contributed by atoms with E-state index in [1.807, 2.05) is 17.2 Å². The molecule has 1 amide bonds. The minimum Gasteiger partial charge on any atom is -0.343 e. The van der Waals surface area contributed by atoms with Gasteiger partial charge in [-0.1, -0.05) is 5.16 Å². The van der Waals surface area contributed by atoms with Crippen molar-refractivity contribution in [1.82, 2.24) is 20.0 Å². The first-order chi connectivity index (χ1) is 9.79. The summed E-state index contributed by atoms with van der Waals surface area (Å²) >= 11 is 1.48. The van der Waals surface area contributed by atoms with E-state index in [1.165, 1.54) is 18.2 Å². The molecule has 3 heterocycles. The largest absolute Gasteiger partial charge is 0.343 e. The number of amides is 1. The molecule has 6 nitrogen and oxygen atoms in total. The van der Waals surface area contributed by atoms with Crippen LogP contribution in [0.4, 0.5) is 0 Å². The normalized spacial score (nSPS) is 18.4. The highest BCUT2D eigenvalue weighted by Crippen LogP contribution is 2.27. The standard InChI is InChI=1S/C13H14N4O2S/c1-20-12-10(3-2-5-14-12)13(18)17-6-4-9(7-17)11-15-8-19-16-11/h2-3,5,8-9H,4,6-7H2,1H3/t9-/m0/s1. The van der Waals surface area contributed by atoms with E-state index in [0.29, 0.717) is 24.5 Å². The number of pyridine rings is 1. The first-order valence-corrected chi connectivity index (χ1v) is 7.56. The number of likely N-dealkylation sites (tertiary alicyclic amines) is 1. The summed E-state index contributed by atoms with van der Waals surface area (Å²) < 4.78 is 4.77. The molecule has 0 radical (unpaired) electrons. The van der Waals surface area contributed by atoms with E-state index < -0.39 is 0 Å². The van der Waals surface area contributed by atoms with Crippen LogP contribution in [0.2, 0.25) is 0 Å². The van der Waals surface area contributed by atoms with Gasteiger partial charge in [0, 0.05) is 25.2 Å². The number of carbonyl (C=O) groups is 1. The minimum atomic E-state index is 0.0217. The highest BCUT2D eigenvalue weighted by molar-refractivity contribution is 7.98. The van der Waals surface area contributed by atoms with Crippen LogP contribution in [0.1, 0.15) is 28.5 Å². The summed E-state index contributed by atoms with van der Waals surface area (Å²) in [6, 6.07) is 3.61. The van der Waals surface area contributed by atoms with Crippen molar-refractivity contribution in [3.63, 3.8) is 0 Å². The van der Waals surface area contributed by atoms with Crippen molar-refractivity contribution in [3.8, 4) is 0 Å². The van der Waals surface area contributed by atoms with Gasteiger partial charge in [0.05, 0.1) is 5.56 Å². The second-order valence-electron chi connectivity index (χ2n) is 4.59. The van der Waals surface area contributed by atoms with Gasteiger partial charge in [0.25, 0.3) is 5.91 Å². The Morgan fingerprint density at radius 1 is 1.50 bits per heavy atom. The third kappa shape index (κ3) is 2.40. The van der Waals surface area contributed by atoms with Gasteiger partial charge in [-0.05, 0) is 24.8 Å². The fraction of sp³-hybridized carbons (Fsp3) is 0.385. The van der Waals surface area contributed by atoms with E-state index >= 15 is 0 Å². The average molecular weight is 290 g/mol. The maximum absolute atomic E-state index is 12.6. The fourth-order valence-corrected chi connectivity index (χ4v) is 2.94. The molecule has 2 aromatic heterocycles. The van der Waals surface area contributed by atoms with Gasteiger partial charge in [0.15, 0.2) is 5.82 Å². The Bertz CT molecular complexity index is 602. The Kier molecular flexibility index (Phi) is 3.68. The first kappa shape index (κ1) is 13.1. The maximum Gasteiger partial charge on any atom is 0.256 e. The van der Waals surface area contributed by atoms with E-state index in [9.17, 15) is 4.79 Å². The molecule has 1 aliphatic heterocycles. The number of hydrogen-bond donors (Lipinski definition) is 0. The highest BCUT2D eigenvalue weighted by atomic mass is 32.2. The van der Waals surface area contributed by atoms with Crippen LogP contribution < -0.4 is 0 Å². The molecule has 7 heteroatoms. The lowest BCUT2D eigenvalue weighted by Gasteiger charge is -2.17. The van der Waals surface area contributed by atoms with E-state index in [4.69, 9.17) is 4.52 Å². The molecule has 0 aliphatic carbocycles. The van der Waals surface area contributed by atoms with Crippen LogP contribution in [0.5, 0.6) is 0 Å². The smallest absolute Gasteiger partial charge is 0.256 e. The third-order valence-corrected chi connectivity index (χ3v) is 4.13. The molecule has 0 saturated carbocycles. The lowest BCUT2D eigenvalue weighted by atomic mass is 10.1. The Morgan fingerprint density at radius 2 is 2.40 bits per heavy atom. The molecule has 3 rings (SSSR count). The lowest BCUT2D eigenvalue weighted by Crippen LogP contribution is -2.29. The Hall–Kier alpha value is -1.89. The Balaban J connectivity index is 1.76. The van der Waals surface area contributed by atoms with Gasteiger partial charge in [0.2, 0.25) is 6.39 Å². The van der Waals surface area contributed by atoms with Gasteiger partial charge in [-0.2, -0.15) is 4.98 Å². The van der Waals surface area contributed by atoms with Crippen molar-refractivity contribution in [1.29, 1.82) is 0 Å². The van der Waals surface area contributed by atoms with Crippen molar-refractivity contribution >= 4 is 17.7 Å². The summed E-state index contributed by atoms with van der Waals surface area (Å²) in [6.07, 6.45) is 5.81. The lowest BCUT2D eigenvalue weighted by molar-refractivity contribution is 0.0786. The number of aromatic nitrogens is 3. The molecule has 0 aromatic carbocycles. The summed E-state index contributed by atoms with van der Waals surface area (Å²) in [5.41, 5.74) is 0.661. The fourth-order valence-electron chi connectivity index (χ4n) is 2.40. The van der Waals surface area contributed by atoms with Crippen LogP contribution in [0.3, 0.4) is 0 Å². The molecule has 1 fully saturated rings. The number of hydrogen-bond acceptors (Lipinski definition) is 6. The van der Waals surface area contributed by atoms with E-state index in [-0.39, 0.29) is 11.8 Å². The van der Waals surface area contributed by atoms with Crippen LogP contribution in [0.15, 0.2) is 34.3 Å². The highest BCUT2D eigenvalue weighted by Gasteiger charge is 2.31. The quantitative estimate of drug-likeness (QED) is 0.803. The summed E-state index contributed by atoms with van der Waals surface area (Å²) in [6.45, 7) is 1.34. The van der Waals surface area contributed by atoms with Crippen LogP contribution in [0.25, 0.3) is 0 Å². The third-order valence-electron chi connectivity index (χ3n) is 3.41. The molecule has 0 bridgehead atoms. The van der Waals surface area contributed by atoms with Crippen LogP contribution in [-0.4, -0.2) is 45.3 Å². The molecule has 0 spiro atoms. The van der Waals surface area contributed by atoms with Gasteiger partial charge in [-0.3, -0.25) is 4.79 Å². The second kappa shape index (κ2) is 5.62. The second-order valence-corrected chi connectivity index (χ2v) is 5.38. The molecular formula is C13H14N4O2S. The molecule has 1 atom stereocenters. The van der Waals surface area contributed by atoms with Gasteiger partial charge < -0.3 is 9.42 Å². The zero-order valence-corrected chi connectivity index (χ0v) is 11.8. The number of rotatable bonds is 3. The van der Waals surface area contributed by atoms with E-state index in [0.717, 1.165) is 11.4 Å². The van der Waals surface area contributed by atoms with Gasteiger partial charge in [0.1, 0.15) is 5.03 Å². The average Bonchev–Trinajstić information content (AvgIpc) is 3.16. The number of carbonyl (C=O) groups excluding carboxylic acids is 1. The Labute approximate surface area is 120 Å². The van der Waals surface area contributed by atoms with E-state index in [2.05, 4.69) is 15.1 Å². The summed E-state index contributed by atoms with van der Waals surface area (Å²) in [5, 5.41) is 4.62.